The lowest BCUT2D eigenvalue weighted by Gasteiger charge is -2.29. The van der Waals surface area contributed by atoms with Crippen molar-refractivity contribution in [2.75, 3.05) is 42.9 Å². The highest BCUT2D eigenvalue weighted by Crippen LogP contribution is 2.32. The Labute approximate surface area is 123 Å². The largest absolute Gasteiger partial charge is 0.354 e. The van der Waals surface area contributed by atoms with Crippen LogP contribution in [0.3, 0.4) is 0 Å². The lowest BCUT2D eigenvalue weighted by molar-refractivity contribution is 0.586. The quantitative estimate of drug-likeness (QED) is 0.903. The van der Waals surface area contributed by atoms with E-state index in [0.29, 0.717) is 0 Å². The fourth-order valence-electron chi connectivity index (χ4n) is 2.49. The van der Waals surface area contributed by atoms with E-state index in [4.69, 9.17) is 4.98 Å². The standard InChI is InChI=1S/C14H21N5S/c1-3-10-9-11-12(19-7-5-15-6-8-19)17-14(16-4-2)18-13(11)20-10/h9,15H,3-8H2,1-2H3,(H,16,17,18). The smallest absolute Gasteiger partial charge is 0.226 e. The first kappa shape index (κ1) is 13.6. The maximum Gasteiger partial charge on any atom is 0.226 e. The van der Waals surface area contributed by atoms with Crippen LogP contribution in [-0.4, -0.2) is 42.7 Å². The summed E-state index contributed by atoms with van der Waals surface area (Å²) in [5.74, 6) is 1.83. The molecule has 0 saturated carbocycles. The summed E-state index contributed by atoms with van der Waals surface area (Å²) in [5, 5.41) is 7.84. The third-order valence-corrected chi connectivity index (χ3v) is 4.70. The molecule has 1 fully saturated rings. The fourth-order valence-corrected chi connectivity index (χ4v) is 3.45. The molecular weight excluding hydrogens is 270 g/mol. The molecule has 108 valence electrons. The molecule has 0 unspecified atom stereocenters. The topological polar surface area (TPSA) is 53.1 Å². The van der Waals surface area contributed by atoms with Gasteiger partial charge in [-0.15, -0.1) is 11.3 Å². The Balaban J connectivity index is 2.07. The molecule has 3 rings (SSSR count). The summed E-state index contributed by atoms with van der Waals surface area (Å²) in [4.78, 5) is 14.2. The number of thiophene rings is 1. The maximum atomic E-state index is 4.74. The molecule has 2 aromatic rings. The van der Waals surface area contributed by atoms with E-state index in [0.717, 1.165) is 55.7 Å². The second kappa shape index (κ2) is 5.93. The van der Waals surface area contributed by atoms with Crippen LogP contribution >= 0.6 is 11.3 Å². The third-order valence-electron chi connectivity index (χ3n) is 3.52. The van der Waals surface area contributed by atoms with Crippen molar-refractivity contribution < 1.29 is 0 Å². The molecule has 0 amide bonds. The molecule has 0 aromatic carbocycles. The van der Waals surface area contributed by atoms with E-state index in [-0.39, 0.29) is 0 Å². The molecule has 0 spiro atoms. The Kier molecular flexibility index (Phi) is 4.03. The van der Waals surface area contributed by atoms with E-state index in [1.54, 1.807) is 11.3 Å². The van der Waals surface area contributed by atoms with Gasteiger partial charge in [0.25, 0.3) is 0 Å². The molecule has 0 aliphatic carbocycles. The van der Waals surface area contributed by atoms with Gasteiger partial charge in [-0.25, -0.2) is 4.98 Å². The monoisotopic (exact) mass is 291 g/mol. The molecule has 1 aliphatic rings. The molecule has 3 heterocycles. The Morgan fingerprint density at radius 3 is 2.80 bits per heavy atom. The number of aromatic nitrogens is 2. The van der Waals surface area contributed by atoms with Gasteiger partial charge in [-0.2, -0.15) is 4.98 Å². The first-order chi connectivity index (χ1) is 9.81. The van der Waals surface area contributed by atoms with Crippen LogP contribution in [0.5, 0.6) is 0 Å². The van der Waals surface area contributed by atoms with Crippen molar-refractivity contribution >= 4 is 33.3 Å². The first-order valence-electron chi connectivity index (χ1n) is 7.31. The lowest BCUT2D eigenvalue weighted by atomic mass is 10.2. The molecule has 20 heavy (non-hydrogen) atoms. The van der Waals surface area contributed by atoms with Crippen molar-refractivity contribution in [2.24, 2.45) is 0 Å². The highest BCUT2D eigenvalue weighted by atomic mass is 32.1. The van der Waals surface area contributed by atoms with Crippen molar-refractivity contribution in [2.45, 2.75) is 20.3 Å². The molecule has 1 saturated heterocycles. The summed E-state index contributed by atoms with van der Waals surface area (Å²) in [6.45, 7) is 9.17. The first-order valence-corrected chi connectivity index (χ1v) is 8.13. The predicted molar refractivity (Wildman–Crippen MR) is 86.0 cm³/mol. The molecule has 0 atom stereocenters. The minimum absolute atomic E-state index is 0.748. The minimum Gasteiger partial charge on any atom is -0.354 e. The van der Waals surface area contributed by atoms with E-state index >= 15 is 0 Å². The van der Waals surface area contributed by atoms with Crippen LogP contribution in [0.1, 0.15) is 18.7 Å². The molecular formula is C14H21N5S. The van der Waals surface area contributed by atoms with Gasteiger partial charge in [0.2, 0.25) is 5.95 Å². The summed E-state index contributed by atoms with van der Waals surface area (Å²) >= 11 is 1.78. The number of nitrogens with one attached hydrogen (secondary N) is 2. The summed E-state index contributed by atoms with van der Waals surface area (Å²) in [6.07, 6.45) is 1.05. The minimum atomic E-state index is 0.748. The number of fused-ring (bicyclic) bond motifs is 1. The number of hydrogen-bond donors (Lipinski definition) is 2. The van der Waals surface area contributed by atoms with E-state index in [1.165, 1.54) is 10.3 Å². The Hall–Kier alpha value is -1.40. The van der Waals surface area contributed by atoms with Crippen LogP contribution < -0.4 is 15.5 Å². The summed E-state index contributed by atoms with van der Waals surface area (Å²) < 4.78 is 0. The fraction of sp³-hybridized carbons (Fsp3) is 0.571. The number of nitrogens with zero attached hydrogens (tertiary/aromatic N) is 3. The second-order valence-corrected chi connectivity index (χ2v) is 6.04. The average Bonchev–Trinajstić information content (AvgIpc) is 2.91. The summed E-state index contributed by atoms with van der Waals surface area (Å²) in [7, 11) is 0. The number of rotatable bonds is 4. The van der Waals surface area contributed by atoms with Gasteiger partial charge >= 0.3 is 0 Å². The number of aryl methyl sites for hydroxylation is 1. The third kappa shape index (κ3) is 2.58. The average molecular weight is 291 g/mol. The molecule has 2 aromatic heterocycles. The molecule has 0 radical (unpaired) electrons. The Morgan fingerprint density at radius 2 is 2.10 bits per heavy atom. The predicted octanol–water partition coefficient (Wildman–Crippen LogP) is 2.10. The van der Waals surface area contributed by atoms with Gasteiger partial charge < -0.3 is 15.5 Å². The summed E-state index contributed by atoms with van der Waals surface area (Å²) in [5.41, 5.74) is 0. The number of piperazine rings is 1. The normalized spacial score (nSPS) is 15.8. The van der Waals surface area contributed by atoms with E-state index in [2.05, 4.69) is 40.4 Å². The van der Waals surface area contributed by atoms with Crippen LogP contribution in [-0.2, 0) is 6.42 Å². The van der Waals surface area contributed by atoms with Gasteiger partial charge in [0.15, 0.2) is 0 Å². The van der Waals surface area contributed by atoms with Gasteiger partial charge in [0.1, 0.15) is 10.6 Å². The van der Waals surface area contributed by atoms with E-state index in [9.17, 15) is 0 Å². The van der Waals surface area contributed by atoms with Gasteiger partial charge in [0.05, 0.1) is 5.39 Å². The zero-order valence-electron chi connectivity index (χ0n) is 12.1. The second-order valence-electron chi connectivity index (χ2n) is 4.92. The maximum absolute atomic E-state index is 4.74. The van der Waals surface area contributed by atoms with Crippen molar-refractivity contribution in [1.29, 1.82) is 0 Å². The van der Waals surface area contributed by atoms with Crippen molar-refractivity contribution in [3.05, 3.63) is 10.9 Å². The van der Waals surface area contributed by atoms with Crippen LogP contribution in [0.25, 0.3) is 10.2 Å². The van der Waals surface area contributed by atoms with Crippen LogP contribution in [0.4, 0.5) is 11.8 Å². The van der Waals surface area contributed by atoms with Crippen molar-refractivity contribution in [1.82, 2.24) is 15.3 Å². The molecule has 6 heteroatoms. The number of hydrogen-bond acceptors (Lipinski definition) is 6. The van der Waals surface area contributed by atoms with Gasteiger partial charge in [0, 0.05) is 37.6 Å². The lowest BCUT2D eigenvalue weighted by Crippen LogP contribution is -2.44. The van der Waals surface area contributed by atoms with Gasteiger partial charge in [-0.3, -0.25) is 0 Å². The Morgan fingerprint density at radius 1 is 1.30 bits per heavy atom. The highest BCUT2D eigenvalue weighted by molar-refractivity contribution is 7.18. The molecule has 0 bridgehead atoms. The Bertz CT molecular complexity index is 589. The zero-order valence-corrected chi connectivity index (χ0v) is 12.9. The summed E-state index contributed by atoms with van der Waals surface area (Å²) in [6, 6.07) is 2.26. The van der Waals surface area contributed by atoms with Crippen LogP contribution in [0, 0.1) is 0 Å². The van der Waals surface area contributed by atoms with Crippen molar-refractivity contribution in [3.63, 3.8) is 0 Å². The van der Waals surface area contributed by atoms with Gasteiger partial charge in [-0.1, -0.05) is 6.92 Å². The van der Waals surface area contributed by atoms with Crippen molar-refractivity contribution in [3.8, 4) is 0 Å². The van der Waals surface area contributed by atoms with Crippen LogP contribution in [0.2, 0.25) is 0 Å². The number of anilines is 2. The highest BCUT2D eigenvalue weighted by Gasteiger charge is 2.18. The van der Waals surface area contributed by atoms with Crippen LogP contribution in [0.15, 0.2) is 6.07 Å². The zero-order chi connectivity index (χ0) is 13.9. The van der Waals surface area contributed by atoms with Gasteiger partial charge in [-0.05, 0) is 19.4 Å². The molecule has 1 aliphatic heterocycles. The van der Waals surface area contributed by atoms with E-state index < -0.39 is 0 Å². The molecule has 2 N–H and O–H groups in total. The van der Waals surface area contributed by atoms with E-state index in [1.807, 2.05) is 0 Å². The SMILES string of the molecule is CCNc1nc(N2CCNCC2)c2cc(CC)sc2n1. The molecule has 5 nitrogen and oxygen atoms in total.